The number of rotatable bonds is 7. The molecule has 0 amide bonds. The van der Waals surface area contributed by atoms with Gasteiger partial charge in [0.15, 0.2) is 5.56 Å². The molecular formula is C10H18Cl3NOS. The molecule has 0 radical (unpaired) electrons. The van der Waals surface area contributed by atoms with Crippen LogP contribution in [0.5, 0.6) is 0 Å². The number of hydrogen-bond donors (Lipinski definition) is 1. The molecule has 96 valence electrons. The molecule has 0 aliphatic carbocycles. The van der Waals surface area contributed by atoms with Gasteiger partial charge in [-0.05, 0) is 27.7 Å². The van der Waals surface area contributed by atoms with E-state index in [0.717, 1.165) is 0 Å². The van der Waals surface area contributed by atoms with Crippen LogP contribution in [0.2, 0.25) is 0 Å². The van der Waals surface area contributed by atoms with E-state index in [4.69, 9.17) is 39.5 Å². The Morgan fingerprint density at radius 1 is 1.19 bits per heavy atom. The SMILES string of the molecule is CC(C)NC(OC(C)C)SCC(Cl)=C(Cl)Cl. The van der Waals surface area contributed by atoms with Gasteiger partial charge in [-0.3, -0.25) is 5.32 Å². The average Bonchev–Trinajstić information content (AvgIpc) is 2.11. The van der Waals surface area contributed by atoms with Crippen molar-refractivity contribution in [1.82, 2.24) is 5.32 Å². The lowest BCUT2D eigenvalue weighted by Crippen LogP contribution is -2.36. The van der Waals surface area contributed by atoms with Gasteiger partial charge in [0.05, 0.1) is 11.1 Å². The van der Waals surface area contributed by atoms with Gasteiger partial charge in [0, 0.05) is 11.8 Å². The van der Waals surface area contributed by atoms with E-state index < -0.39 is 0 Å². The summed E-state index contributed by atoms with van der Waals surface area (Å²) in [5.41, 5.74) is -0.110. The number of thioether (sulfide) groups is 1. The maximum absolute atomic E-state index is 5.84. The van der Waals surface area contributed by atoms with Crippen molar-refractivity contribution in [3.05, 3.63) is 9.52 Å². The van der Waals surface area contributed by atoms with Crippen LogP contribution in [0, 0.1) is 0 Å². The van der Waals surface area contributed by atoms with Crippen molar-refractivity contribution in [3.63, 3.8) is 0 Å². The lowest BCUT2D eigenvalue weighted by molar-refractivity contribution is 0.0375. The average molecular weight is 307 g/mol. The maximum Gasteiger partial charge on any atom is 0.157 e. The third-order valence-electron chi connectivity index (χ3n) is 1.43. The van der Waals surface area contributed by atoms with Gasteiger partial charge in [-0.15, -0.1) is 11.8 Å². The van der Waals surface area contributed by atoms with Crippen molar-refractivity contribution in [2.45, 2.75) is 45.4 Å². The Kier molecular flexibility index (Phi) is 9.39. The summed E-state index contributed by atoms with van der Waals surface area (Å²) in [4.78, 5) is 0. The molecule has 0 bridgehead atoms. The number of ether oxygens (including phenoxy) is 1. The summed E-state index contributed by atoms with van der Waals surface area (Å²) in [5, 5.41) is 3.72. The van der Waals surface area contributed by atoms with Crippen LogP contribution in [-0.2, 0) is 4.74 Å². The molecule has 16 heavy (non-hydrogen) atoms. The minimum atomic E-state index is -0.110. The van der Waals surface area contributed by atoms with Crippen molar-refractivity contribution in [2.24, 2.45) is 0 Å². The standard InChI is InChI=1S/C10H18Cl3NOS/c1-6(2)14-10(15-7(3)4)16-5-8(11)9(12)13/h6-7,10,14H,5H2,1-4H3. The van der Waals surface area contributed by atoms with E-state index in [2.05, 4.69) is 19.2 Å². The van der Waals surface area contributed by atoms with Gasteiger partial charge >= 0.3 is 0 Å². The fourth-order valence-corrected chi connectivity index (χ4v) is 2.44. The molecule has 0 rings (SSSR count). The largest absolute Gasteiger partial charge is 0.351 e. The van der Waals surface area contributed by atoms with Crippen molar-refractivity contribution in [1.29, 1.82) is 0 Å². The second-order valence-electron chi connectivity index (χ2n) is 3.81. The van der Waals surface area contributed by atoms with Gasteiger partial charge in [0.25, 0.3) is 0 Å². The summed E-state index contributed by atoms with van der Waals surface area (Å²) in [6.07, 6.45) is 0.151. The van der Waals surface area contributed by atoms with Gasteiger partial charge in [-0.1, -0.05) is 34.8 Å². The first-order chi connectivity index (χ1) is 7.32. The van der Waals surface area contributed by atoms with Crippen molar-refractivity contribution in [2.75, 3.05) is 5.75 Å². The topological polar surface area (TPSA) is 21.3 Å². The fraction of sp³-hybridized carbons (Fsp3) is 0.800. The molecule has 0 aromatic rings. The summed E-state index contributed by atoms with van der Waals surface area (Å²) in [6, 6.07) is 0.338. The highest BCUT2D eigenvalue weighted by atomic mass is 35.5. The van der Waals surface area contributed by atoms with Crippen LogP contribution < -0.4 is 5.32 Å². The highest BCUT2D eigenvalue weighted by Gasteiger charge is 2.13. The third kappa shape index (κ3) is 8.97. The first-order valence-electron chi connectivity index (χ1n) is 5.05. The van der Waals surface area contributed by atoms with Crippen LogP contribution in [0.25, 0.3) is 0 Å². The number of halogens is 3. The normalized spacial score (nSPS) is 13.3. The van der Waals surface area contributed by atoms with Crippen molar-refractivity contribution in [3.8, 4) is 0 Å². The first kappa shape index (κ1) is 16.9. The van der Waals surface area contributed by atoms with E-state index in [1.54, 1.807) is 0 Å². The zero-order chi connectivity index (χ0) is 12.7. The molecule has 1 atom stereocenters. The summed E-state index contributed by atoms with van der Waals surface area (Å²) < 4.78 is 5.79. The summed E-state index contributed by atoms with van der Waals surface area (Å²) >= 11 is 18.5. The van der Waals surface area contributed by atoms with Gasteiger partial charge in [-0.25, -0.2) is 0 Å². The molecule has 1 N–H and O–H groups in total. The van der Waals surface area contributed by atoms with E-state index in [1.165, 1.54) is 11.8 Å². The monoisotopic (exact) mass is 305 g/mol. The predicted molar refractivity (Wildman–Crippen MR) is 75.3 cm³/mol. The second kappa shape index (κ2) is 8.90. The predicted octanol–water partition coefficient (Wildman–Crippen LogP) is 4.31. The van der Waals surface area contributed by atoms with Gasteiger partial charge < -0.3 is 4.74 Å². The van der Waals surface area contributed by atoms with Crippen LogP contribution >= 0.6 is 46.6 Å². The Labute approximate surface area is 117 Å². The lowest BCUT2D eigenvalue weighted by atomic mass is 10.4. The second-order valence-corrected chi connectivity index (χ2v) is 6.27. The molecule has 0 spiro atoms. The lowest BCUT2D eigenvalue weighted by Gasteiger charge is -2.23. The van der Waals surface area contributed by atoms with E-state index >= 15 is 0 Å². The Bertz CT molecular complexity index is 220. The fourth-order valence-electron chi connectivity index (χ4n) is 0.849. The number of nitrogens with one attached hydrogen (secondary N) is 1. The summed E-state index contributed by atoms with van der Waals surface area (Å²) in [7, 11) is 0. The minimum absolute atomic E-state index is 0.110. The summed E-state index contributed by atoms with van der Waals surface area (Å²) in [5.74, 6) is 0.529. The van der Waals surface area contributed by atoms with Gasteiger partial charge in [-0.2, -0.15) is 0 Å². The Morgan fingerprint density at radius 2 is 1.75 bits per heavy atom. The van der Waals surface area contributed by atoms with E-state index in [1.807, 2.05) is 13.8 Å². The smallest absolute Gasteiger partial charge is 0.157 e. The van der Waals surface area contributed by atoms with Crippen LogP contribution in [0.3, 0.4) is 0 Å². The van der Waals surface area contributed by atoms with Crippen molar-refractivity contribution >= 4 is 46.6 Å². The Hall–Kier alpha value is 0.880. The molecule has 0 aliphatic rings. The van der Waals surface area contributed by atoms with E-state index in [0.29, 0.717) is 16.8 Å². The number of hydrogen-bond acceptors (Lipinski definition) is 3. The minimum Gasteiger partial charge on any atom is -0.351 e. The molecule has 0 aliphatic heterocycles. The van der Waals surface area contributed by atoms with Gasteiger partial charge in [0.1, 0.15) is 4.49 Å². The Balaban J connectivity index is 4.16. The van der Waals surface area contributed by atoms with Crippen molar-refractivity contribution < 1.29 is 4.74 Å². The molecule has 0 aromatic carbocycles. The molecule has 2 nitrogen and oxygen atoms in total. The molecule has 1 unspecified atom stereocenters. The molecule has 6 heteroatoms. The molecule has 0 saturated carbocycles. The van der Waals surface area contributed by atoms with Crippen LogP contribution in [0.15, 0.2) is 9.52 Å². The molecule has 0 fully saturated rings. The first-order valence-corrected chi connectivity index (χ1v) is 7.24. The highest BCUT2D eigenvalue weighted by Crippen LogP contribution is 2.24. The molecule has 0 aromatic heterocycles. The molecular weight excluding hydrogens is 289 g/mol. The quantitative estimate of drug-likeness (QED) is 0.708. The Morgan fingerprint density at radius 3 is 2.12 bits per heavy atom. The van der Waals surface area contributed by atoms with E-state index in [-0.39, 0.29) is 16.2 Å². The third-order valence-corrected chi connectivity index (χ3v) is 3.57. The highest BCUT2D eigenvalue weighted by molar-refractivity contribution is 7.99. The van der Waals surface area contributed by atoms with E-state index in [9.17, 15) is 0 Å². The van der Waals surface area contributed by atoms with Gasteiger partial charge in [0.2, 0.25) is 0 Å². The van der Waals surface area contributed by atoms with Crippen LogP contribution in [-0.4, -0.2) is 23.5 Å². The zero-order valence-corrected chi connectivity index (χ0v) is 13.0. The molecule has 0 heterocycles. The zero-order valence-electron chi connectivity index (χ0n) is 9.89. The van der Waals surface area contributed by atoms with Crippen LogP contribution in [0.4, 0.5) is 0 Å². The maximum atomic E-state index is 5.84. The molecule has 0 saturated heterocycles. The summed E-state index contributed by atoms with van der Waals surface area (Å²) in [6.45, 7) is 8.09. The van der Waals surface area contributed by atoms with Crippen LogP contribution in [0.1, 0.15) is 27.7 Å².